The van der Waals surface area contributed by atoms with E-state index in [9.17, 15) is 4.79 Å². The second-order valence-electron chi connectivity index (χ2n) is 6.47. The third kappa shape index (κ3) is 5.19. The summed E-state index contributed by atoms with van der Waals surface area (Å²) in [7, 11) is 0. The summed E-state index contributed by atoms with van der Waals surface area (Å²) in [6.07, 6.45) is 7.33. The number of amides is 1. The molecule has 106 valence electrons. The van der Waals surface area contributed by atoms with Crippen LogP contribution in [0.5, 0.6) is 0 Å². The first kappa shape index (κ1) is 15.8. The number of rotatable bonds is 4. The Morgan fingerprint density at radius 1 is 1.44 bits per heavy atom. The molecule has 1 aliphatic rings. The van der Waals surface area contributed by atoms with Crippen LogP contribution in [0.3, 0.4) is 0 Å². The van der Waals surface area contributed by atoms with E-state index in [1.807, 2.05) is 11.8 Å². The Morgan fingerprint density at radius 2 is 2.11 bits per heavy atom. The van der Waals surface area contributed by atoms with E-state index < -0.39 is 0 Å². The third-order valence-corrected chi connectivity index (χ3v) is 4.94. The average Bonchev–Trinajstić information content (AvgIpc) is 2.27. The van der Waals surface area contributed by atoms with E-state index >= 15 is 0 Å². The van der Waals surface area contributed by atoms with Crippen LogP contribution in [0.1, 0.15) is 52.9 Å². The van der Waals surface area contributed by atoms with Crippen molar-refractivity contribution in [2.24, 2.45) is 11.1 Å². The summed E-state index contributed by atoms with van der Waals surface area (Å²) in [5, 5.41) is 3.86. The normalized spacial score (nSPS) is 26.7. The molecule has 4 heteroatoms. The van der Waals surface area contributed by atoms with Gasteiger partial charge < -0.3 is 11.1 Å². The zero-order valence-electron chi connectivity index (χ0n) is 12.2. The summed E-state index contributed by atoms with van der Waals surface area (Å²) in [4.78, 5) is 12.0. The van der Waals surface area contributed by atoms with Crippen LogP contribution in [-0.2, 0) is 4.79 Å². The van der Waals surface area contributed by atoms with E-state index in [0.717, 1.165) is 12.8 Å². The van der Waals surface area contributed by atoms with E-state index in [2.05, 4.69) is 32.3 Å². The number of carbonyl (C=O) groups excluding carboxylic acids is 1. The van der Waals surface area contributed by atoms with Crippen LogP contribution < -0.4 is 11.1 Å². The second-order valence-corrected chi connectivity index (χ2v) is 7.60. The SMILES string of the molecule is CSC1CCCC(NC(=O)CC(N)C(C)(C)C)C1. The Morgan fingerprint density at radius 3 is 2.67 bits per heavy atom. The molecule has 18 heavy (non-hydrogen) atoms. The van der Waals surface area contributed by atoms with Crippen molar-refractivity contribution in [2.45, 2.75) is 70.2 Å². The van der Waals surface area contributed by atoms with Crippen molar-refractivity contribution in [3.63, 3.8) is 0 Å². The van der Waals surface area contributed by atoms with Crippen LogP contribution in [0, 0.1) is 5.41 Å². The molecule has 0 bridgehead atoms. The maximum atomic E-state index is 12.0. The minimum atomic E-state index is -0.0718. The molecule has 1 aliphatic carbocycles. The fourth-order valence-electron chi connectivity index (χ4n) is 2.28. The lowest BCUT2D eigenvalue weighted by atomic mass is 9.85. The minimum Gasteiger partial charge on any atom is -0.353 e. The zero-order valence-corrected chi connectivity index (χ0v) is 13.0. The molecule has 0 aromatic carbocycles. The van der Waals surface area contributed by atoms with Crippen LogP contribution in [-0.4, -0.2) is 29.5 Å². The quantitative estimate of drug-likeness (QED) is 0.827. The van der Waals surface area contributed by atoms with Gasteiger partial charge in [-0.25, -0.2) is 0 Å². The van der Waals surface area contributed by atoms with Crippen molar-refractivity contribution in [2.75, 3.05) is 6.26 Å². The van der Waals surface area contributed by atoms with Gasteiger partial charge in [-0.05, 0) is 30.9 Å². The van der Waals surface area contributed by atoms with Crippen molar-refractivity contribution in [1.82, 2.24) is 5.32 Å². The van der Waals surface area contributed by atoms with Crippen molar-refractivity contribution < 1.29 is 4.79 Å². The number of hydrogen-bond acceptors (Lipinski definition) is 3. The molecule has 1 saturated carbocycles. The maximum Gasteiger partial charge on any atom is 0.221 e. The summed E-state index contributed by atoms with van der Waals surface area (Å²) in [6.45, 7) is 6.24. The van der Waals surface area contributed by atoms with E-state index in [1.54, 1.807) is 0 Å². The number of hydrogen-bond donors (Lipinski definition) is 2. The van der Waals surface area contributed by atoms with Gasteiger partial charge in [-0.1, -0.05) is 27.2 Å². The predicted octanol–water partition coefficient (Wildman–Crippen LogP) is 2.54. The summed E-state index contributed by atoms with van der Waals surface area (Å²) in [5.74, 6) is 0.115. The van der Waals surface area contributed by atoms with Crippen molar-refractivity contribution >= 4 is 17.7 Å². The molecule has 1 rings (SSSR count). The first-order valence-electron chi connectivity index (χ1n) is 6.90. The van der Waals surface area contributed by atoms with Crippen LogP contribution in [0.25, 0.3) is 0 Å². The van der Waals surface area contributed by atoms with Crippen molar-refractivity contribution in [1.29, 1.82) is 0 Å². The summed E-state index contributed by atoms with van der Waals surface area (Å²) < 4.78 is 0. The predicted molar refractivity (Wildman–Crippen MR) is 79.7 cm³/mol. The van der Waals surface area contributed by atoms with Gasteiger partial charge in [0, 0.05) is 23.8 Å². The van der Waals surface area contributed by atoms with Gasteiger partial charge in [0.2, 0.25) is 5.91 Å². The lowest BCUT2D eigenvalue weighted by Gasteiger charge is -2.30. The fraction of sp³-hybridized carbons (Fsp3) is 0.929. The largest absolute Gasteiger partial charge is 0.353 e. The fourth-order valence-corrected chi connectivity index (χ4v) is 3.11. The average molecular weight is 272 g/mol. The van der Waals surface area contributed by atoms with Gasteiger partial charge in [0.05, 0.1) is 0 Å². The standard InChI is InChI=1S/C14H28N2OS/c1-14(2,3)12(15)9-13(17)16-10-6-5-7-11(8-10)18-4/h10-12H,5-9,15H2,1-4H3,(H,16,17). The summed E-state index contributed by atoms with van der Waals surface area (Å²) in [5.41, 5.74) is 6.04. The summed E-state index contributed by atoms with van der Waals surface area (Å²) in [6, 6.07) is 0.285. The highest BCUT2D eigenvalue weighted by atomic mass is 32.2. The third-order valence-electron chi connectivity index (χ3n) is 3.84. The van der Waals surface area contributed by atoms with Gasteiger partial charge in [0.1, 0.15) is 0 Å². The molecule has 0 aromatic rings. The first-order chi connectivity index (χ1) is 8.32. The van der Waals surface area contributed by atoms with Gasteiger partial charge >= 0.3 is 0 Å². The number of thioether (sulfide) groups is 1. The monoisotopic (exact) mass is 272 g/mol. The van der Waals surface area contributed by atoms with Gasteiger partial charge in [-0.2, -0.15) is 11.8 Å². The van der Waals surface area contributed by atoms with Crippen LogP contribution in [0.15, 0.2) is 0 Å². The lowest BCUT2D eigenvalue weighted by Crippen LogP contribution is -2.44. The van der Waals surface area contributed by atoms with Gasteiger partial charge in [-0.3, -0.25) is 4.79 Å². The van der Waals surface area contributed by atoms with E-state index in [4.69, 9.17) is 5.73 Å². The smallest absolute Gasteiger partial charge is 0.221 e. The Bertz CT molecular complexity index is 275. The molecule has 0 spiro atoms. The molecule has 0 aliphatic heterocycles. The molecule has 0 heterocycles. The van der Waals surface area contributed by atoms with Crippen molar-refractivity contribution in [3.8, 4) is 0 Å². The Labute approximate surface area is 116 Å². The van der Waals surface area contributed by atoms with Gasteiger partial charge in [0.25, 0.3) is 0 Å². The van der Waals surface area contributed by atoms with Crippen LogP contribution >= 0.6 is 11.8 Å². The maximum absolute atomic E-state index is 12.0. The summed E-state index contributed by atoms with van der Waals surface area (Å²) >= 11 is 1.92. The van der Waals surface area contributed by atoms with E-state index in [0.29, 0.717) is 17.7 Å². The molecule has 3 atom stereocenters. The topological polar surface area (TPSA) is 55.1 Å². The van der Waals surface area contributed by atoms with E-state index in [-0.39, 0.29) is 17.4 Å². The van der Waals surface area contributed by atoms with Gasteiger partial charge in [0.15, 0.2) is 0 Å². The van der Waals surface area contributed by atoms with Crippen LogP contribution in [0.2, 0.25) is 0 Å². The molecule has 3 nitrogen and oxygen atoms in total. The lowest BCUT2D eigenvalue weighted by molar-refractivity contribution is -0.122. The van der Waals surface area contributed by atoms with Crippen molar-refractivity contribution in [3.05, 3.63) is 0 Å². The Kier molecular flexibility index (Phi) is 5.99. The van der Waals surface area contributed by atoms with Crippen LogP contribution in [0.4, 0.5) is 0 Å². The Hall–Kier alpha value is -0.220. The number of nitrogens with two attached hydrogens (primary N) is 1. The molecular formula is C14H28N2OS. The molecule has 3 N–H and O–H groups in total. The molecule has 3 unspecified atom stereocenters. The zero-order chi connectivity index (χ0) is 13.8. The van der Waals surface area contributed by atoms with Gasteiger partial charge in [-0.15, -0.1) is 0 Å². The molecule has 0 radical (unpaired) electrons. The molecule has 1 amide bonds. The molecule has 0 saturated heterocycles. The molecule has 0 aromatic heterocycles. The van der Waals surface area contributed by atoms with E-state index in [1.165, 1.54) is 12.8 Å². The molecular weight excluding hydrogens is 244 g/mol. The Balaban J connectivity index is 2.36. The highest BCUT2D eigenvalue weighted by molar-refractivity contribution is 7.99. The molecule has 1 fully saturated rings. The second kappa shape index (κ2) is 6.80. The number of nitrogens with one attached hydrogen (secondary N) is 1. The number of carbonyl (C=O) groups is 1. The highest BCUT2D eigenvalue weighted by Gasteiger charge is 2.26. The highest BCUT2D eigenvalue weighted by Crippen LogP contribution is 2.27. The first-order valence-corrected chi connectivity index (χ1v) is 8.19. The minimum absolute atomic E-state index is 0.00822.